The third-order valence-electron chi connectivity index (χ3n) is 8.00. The van der Waals surface area contributed by atoms with Crippen molar-refractivity contribution < 1.29 is 0 Å². The van der Waals surface area contributed by atoms with Gasteiger partial charge < -0.3 is 0 Å². The largest absolute Gasteiger partial charge is 0.103 e. The van der Waals surface area contributed by atoms with Crippen LogP contribution in [0.15, 0.2) is 25.3 Å². The van der Waals surface area contributed by atoms with Gasteiger partial charge in [0.1, 0.15) is 0 Å². The number of unbranched alkanes of at least 4 members (excludes halogenated alkanes) is 2. The molecule has 0 aromatic carbocycles. The Bertz CT molecular complexity index is 358. The molecule has 1 aliphatic carbocycles. The average molecular weight is 417 g/mol. The van der Waals surface area contributed by atoms with Crippen LogP contribution in [0.1, 0.15) is 155 Å². The van der Waals surface area contributed by atoms with E-state index in [4.69, 9.17) is 0 Å². The van der Waals surface area contributed by atoms with Gasteiger partial charge in [0, 0.05) is 0 Å². The lowest BCUT2D eigenvalue weighted by Crippen LogP contribution is -2.17. The van der Waals surface area contributed by atoms with Crippen LogP contribution in [0.2, 0.25) is 0 Å². The number of rotatable bonds is 8. The van der Waals surface area contributed by atoms with Crippen LogP contribution in [-0.4, -0.2) is 0 Å². The highest BCUT2D eigenvalue weighted by atomic mass is 14.3. The average Bonchev–Trinajstić information content (AvgIpc) is 2.72. The van der Waals surface area contributed by atoms with Crippen LogP contribution >= 0.6 is 0 Å². The molecule has 1 fully saturated rings. The summed E-state index contributed by atoms with van der Waals surface area (Å²) in [5.74, 6) is 0. The fraction of sp³-hybridized carbons (Fsp3) is 0.867. The standard InChI is InChI=1S/C30H56/c1-5-7-17-23-29(3)25-19-13-9-11-15-21-27-30(4,24-18-8-6-2)28-22-16-12-10-14-20-26-29/h5-6H,1-2,7-28H2,3-4H3. The van der Waals surface area contributed by atoms with E-state index in [1.165, 1.54) is 141 Å². The highest BCUT2D eigenvalue weighted by Crippen LogP contribution is 2.38. The lowest BCUT2D eigenvalue weighted by molar-refractivity contribution is 0.218. The van der Waals surface area contributed by atoms with Gasteiger partial charge in [-0.1, -0.05) is 103 Å². The normalized spacial score (nSPS) is 28.9. The highest BCUT2D eigenvalue weighted by Gasteiger charge is 2.24. The van der Waals surface area contributed by atoms with E-state index < -0.39 is 0 Å². The monoisotopic (exact) mass is 416 g/mol. The molecule has 0 aromatic rings. The van der Waals surface area contributed by atoms with E-state index in [2.05, 4.69) is 39.2 Å². The van der Waals surface area contributed by atoms with E-state index in [1.54, 1.807) is 0 Å². The smallest absolute Gasteiger partial charge is 0.0326 e. The van der Waals surface area contributed by atoms with Crippen LogP contribution < -0.4 is 0 Å². The minimum atomic E-state index is 0.585. The predicted molar refractivity (Wildman–Crippen MR) is 138 cm³/mol. The van der Waals surface area contributed by atoms with Crippen molar-refractivity contribution in [1.82, 2.24) is 0 Å². The van der Waals surface area contributed by atoms with Gasteiger partial charge in [-0.25, -0.2) is 0 Å². The van der Waals surface area contributed by atoms with Gasteiger partial charge >= 0.3 is 0 Å². The Balaban J connectivity index is 2.49. The molecule has 0 atom stereocenters. The molecule has 0 unspecified atom stereocenters. The second-order valence-electron chi connectivity index (χ2n) is 11.2. The van der Waals surface area contributed by atoms with Gasteiger partial charge in [0.25, 0.3) is 0 Å². The van der Waals surface area contributed by atoms with Crippen LogP contribution in [-0.2, 0) is 0 Å². The second kappa shape index (κ2) is 17.1. The molecule has 0 heterocycles. The summed E-state index contributed by atoms with van der Waals surface area (Å²) in [6.07, 6.45) is 35.3. The lowest BCUT2D eigenvalue weighted by atomic mass is 9.75. The Labute approximate surface area is 191 Å². The lowest BCUT2D eigenvalue weighted by Gasteiger charge is -2.31. The Morgan fingerprint density at radius 1 is 0.500 bits per heavy atom. The quantitative estimate of drug-likeness (QED) is 0.272. The molecule has 0 bridgehead atoms. The first-order chi connectivity index (χ1) is 14.5. The van der Waals surface area contributed by atoms with Crippen molar-refractivity contribution in [2.75, 3.05) is 0 Å². The maximum Gasteiger partial charge on any atom is -0.0326 e. The zero-order valence-corrected chi connectivity index (χ0v) is 21.1. The number of hydrogen-bond acceptors (Lipinski definition) is 0. The molecule has 0 heteroatoms. The molecule has 0 N–H and O–H groups in total. The van der Waals surface area contributed by atoms with Crippen LogP contribution in [0.5, 0.6) is 0 Å². The van der Waals surface area contributed by atoms with Crippen molar-refractivity contribution in [3.05, 3.63) is 25.3 Å². The summed E-state index contributed by atoms with van der Waals surface area (Å²) in [5.41, 5.74) is 1.17. The van der Waals surface area contributed by atoms with Crippen LogP contribution in [0, 0.1) is 10.8 Å². The molecule has 1 aliphatic rings. The van der Waals surface area contributed by atoms with Gasteiger partial charge in [0.2, 0.25) is 0 Å². The SMILES string of the molecule is C=CCCCC1(C)CCCCCCCCC(C)(CCCC=C)CCCCCCCC1. The van der Waals surface area contributed by atoms with Gasteiger partial charge in [-0.3, -0.25) is 0 Å². The highest BCUT2D eigenvalue weighted by molar-refractivity contribution is 4.79. The molecule has 0 saturated heterocycles. The maximum atomic E-state index is 3.92. The number of allylic oxidation sites excluding steroid dienone is 2. The van der Waals surface area contributed by atoms with Crippen molar-refractivity contribution >= 4 is 0 Å². The molecular weight excluding hydrogens is 360 g/mol. The molecule has 1 saturated carbocycles. The third kappa shape index (κ3) is 13.7. The second-order valence-corrected chi connectivity index (χ2v) is 11.2. The zero-order chi connectivity index (χ0) is 22.0. The van der Waals surface area contributed by atoms with E-state index in [0.29, 0.717) is 10.8 Å². The fourth-order valence-corrected chi connectivity index (χ4v) is 5.72. The zero-order valence-electron chi connectivity index (χ0n) is 21.1. The van der Waals surface area contributed by atoms with Gasteiger partial charge in [-0.15, -0.1) is 13.2 Å². The van der Waals surface area contributed by atoms with Crippen LogP contribution in [0.25, 0.3) is 0 Å². The maximum absolute atomic E-state index is 3.92. The van der Waals surface area contributed by atoms with Crippen molar-refractivity contribution in [2.24, 2.45) is 10.8 Å². The van der Waals surface area contributed by atoms with Gasteiger partial charge in [-0.05, 0) is 75.0 Å². The predicted octanol–water partition coefficient (Wildman–Crippen LogP) is 11.0. The molecule has 0 nitrogen and oxygen atoms in total. The molecule has 0 spiro atoms. The molecule has 1 rings (SSSR count). The Hall–Kier alpha value is -0.520. The first kappa shape index (κ1) is 27.5. The molecule has 30 heavy (non-hydrogen) atoms. The fourth-order valence-electron chi connectivity index (χ4n) is 5.72. The van der Waals surface area contributed by atoms with E-state index in [-0.39, 0.29) is 0 Å². The molecule has 0 radical (unpaired) electrons. The summed E-state index contributed by atoms with van der Waals surface area (Å²) in [6.45, 7) is 13.0. The third-order valence-corrected chi connectivity index (χ3v) is 8.00. The van der Waals surface area contributed by atoms with Gasteiger partial charge in [-0.2, -0.15) is 0 Å². The summed E-state index contributed by atoms with van der Waals surface area (Å²) < 4.78 is 0. The van der Waals surface area contributed by atoms with Crippen molar-refractivity contribution in [1.29, 1.82) is 0 Å². The van der Waals surface area contributed by atoms with Crippen molar-refractivity contribution in [2.45, 2.75) is 155 Å². The van der Waals surface area contributed by atoms with Gasteiger partial charge in [0.05, 0.1) is 0 Å². The Morgan fingerprint density at radius 3 is 1.03 bits per heavy atom. The van der Waals surface area contributed by atoms with E-state index >= 15 is 0 Å². The van der Waals surface area contributed by atoms with Crippen molar-refractivity contribution in [3.8, 4) is 0 Å². The summed E-state index contributed by atoms with van der Waals surface area (Å²) in [5, 5.41) is 0. The molecule has 0 amide bonds. The van der Waals surface area contributed by atoms with Crippen LogP contribution in [0.3, 0.4) is 0 Å². The summed E-state index contributed by atoms with van der Waals surface area (Å²) in [4.78, 5) is 0. The first-order valence-electron chi connectivity index (χ1n) is 13.8. The Kier molecular flexibility index (Phi) is 15.7. The Morgan fingerprint density at radius 2 is 0.767 bits per heavy atom. The first-order valence-corrected chi connectivity index (χ1v) is 13.8. The van der Waals surface area contributed by atoms with E-state index in [1.807, 2.05) is 0 Å². The minimum Gasteiger partial charge on any atom is -0.103 e. The van der Waals surface area contributed by atoms with E-state index in [9.17, 15) is 0 Å². The molecular formula is C30H56. The number of hydrogen-bond donors (Lipinski definition) is 0. The van der Waals surface area contributed by atoms with Crippen molar-refractivity contribution in [3.63, 3.8) is 0 Å². The molecule has 0 aliphatic heterocycles. The summed E-state index contributed by atoms with van der Waals surface area (Å²) in [7, 11) is 0. The minimum absolute atomic E-state index is 0.585. The molecule has 0 aromatic heterocycles. The summed E-state index contributed by atoms with van der Waals surface area (Å²) >= 11 is 0. The van der Waals surface area contributed by atoms with E-state index in [0.717, 1.165) is 0 Å². The van der Waals surface area contributed by atoms with Crippen LogP contribution in [0.4, 0.5) is 0 Å². The molecule has 176 valence electrons. The van der Waals surface area contributed by atoms with Gasteiger partial charge in [0.15, 0.2) is 0 Å². The summed E-state index contributed by atoms with van der Waals surface area (Å²) in [6, 6.07) is 0. The topological polar surface area (TPSA) is 0 Å².